The minimum absolute atomic E-state index is 0.126. The van der Waals surface area contributed by atoms with Gasteiger partial charge in [0.1, 0.15) is 23.9 Å². The third kappa shape index (κ3) is 6.43. The molecule has 3 atom stereocenters. The predicted octanol–water partition coefficient (Wildman–Crippen LogP) is 4.35. The van der Waals surface area contributed by atoms with Gasteiger partial charge in [0, 0.05) is 39.3 Å². The van der Waals surface area contributed by atoms with Crippen LogP contribution in [0, 0.1) is 0 Å². The van der Waals surface area contributed by atoms with Gasteiger partial charge in [-0.3, -0.25) is 0 Å². The number of fused-ring (bicyclic) bond motifs is 1. The maximum atomic E-state index is 10.9. The molecule has 0 aliphatic carbocycles. The van der Waals surface area contributed by atoms with E-state index in [1.54, 1.807) is 7.11 Å². The van der Waals surface area contributed by atoms with Crippen molar-refractivity contribution >= 4 is 5.69 Å². The van der Waals surface area contributed by atoms with Crippen molar-refractivity contribution in [2.45, 2.75) is 31.2 Å². The van der Waals surface area contributed by atoms with E-state index in [4.69, 9.17) is 18.9 Å². The average molecular weight is 505 g/mol. The molecular weight excluding hydrogens is 468 g/mol. The Bertz CT molecular complexity index is 1120. The Kier molecular flexibility index (Phi) is 8.58. The molecule has 2 N–H and O–H groups in total. The van der Waals surface area contributed by atoms with E-state index in [1.165, 1.54) is 0 Å². The van der Waals surface area contributed by atoms with Gasteiger partial charge < -0.3 is 34.3 Å². The Morgan fingerprint density at radius 1 is 1.00 bits per heavy atom. The van der Waals surface area contributed by atoms with Crippen molar-refractivity contribution in [2.75, 3.05) is 51.4 Å². The first-order chi connectivity index (χ1) is 18.2. The van der Waals surface area contributed by atoms with E-state index in [-0.39, 0.29) is 12.0 Å². The summed E-state index contributed by atoms with van der Waals surface area (Å²) in [5.74, 6) is 2.35. The highest BCUT2D eigenvalue weighted by Gasteiger charge is 2.34. The molecule has 1 saturated heterocycles. The lowest BCUT2D eigenvalue weighted by Gasteiger charge is -2.36. The highest BCUT2D eigenvalue weighted by molar-refractivity contribution is 5.61. The number of β-amino-alcohol motifs (C(OH)–C–C–N with tert-alkyl or cyclic N) is 1. The predicted molar refractivity (Wildman–Crippen MR) is 144 cm³/mol. The zero-order valence-electron chi connectivity index (χ0n) is 21.3. The van der Waals surface area contributed by atoms with Crippen molar-refractivity contribution in [3.05, 3.63) is 83.9 Å². The molecule has 7 heteroatoms. The second-order valence-corrected chi connectivity index (χ2v) is 9.57. The van der Waals surface area contributed by atoms with Gasteiger partial charge >= 0.3 is 0 Å². The monoisotopic (exact) mass is 504 g/mol. The van der Waals surface area contributed by atoms with Gasteiger partial charge in [-0.1, -0.05) is 36.4 Å². The summed E-state index contributed by atoms with van der Waals surface area (Å²) in [6.45, 7) is 4.92. The molecule has 3 aromatic rings. The van der Waals surface area contributed by atoms with Crippen molar-refractivity contribution in [3.8, 4) is 17.2 Å². The molecule has 7 nitrogen and oxygen atoms in total. The van der Waals surface area contributed by atoms with Crippen LogP contribution >= 0.6 is 0 Å². The molecule has 1 fully saturated rings. The van der Waals surface area contributed by atoms with Crippen molar-refractivity contribution in [1.29, 1.82) is 0 Å². The fraction of sp³-hybridized carbons (Fsp3) is 0.400. The number of aliphatic hydroxyl groups is 1. The Morgan fingerprint density at radius 2 is 1.81 bits per heavy atom. The number of hydrogen-bond acceptors (Lipinski definition) is 7. The summed E-state index contributed by atoms with van der Waals surface area (Å²) < 4.78 is 23.5. The van der Waals surface area contributed by atoms with E-state index in [1.807, 2.05) is 60.7 Å². The quantitative estimate of drug-likeness (QED) is 0.398. The number of piperidine rings is 1. The van der Waals surface area contributed by atoms with Gasteiger partial charge in [0.2, 0.25) is 0 Å². The molecule has 5 rings (SSSR count). The number of benzene rings is 3. The maximum Gasteiger partial charge on any atom is 0.142 e. The normalized spacial score (nSPS) is 21.2. The van der Waals surface area contributed by atoms with Gasteiger partial charge in [-0.15, -0.1) is 0 Å². The zero-order valence-corrected chi connectivity index (χ0v) is 21.3. The van der Waals surface area contributed by atoms with E-state index >= 15 is 0 Å². The number of nitrogens with one attached hydrogen (secondary N) is 1. The largest absolute Gasteiger partial charge is 0.490 e. The van der Waals surface area contributed by atoms with E-state index in [2.05, 4.69) is 22.3 Å². The second-order valence-electron chi connectivity index (χ2n) is 9.57. The molecule has 0 aromatic heterocycles. The molecule has 0 bridgehead atoms. The first-order valence-electron chi connectivity index (χ1n) is 13.0. The third-order valence-corrected chi connectivity index (χ3v) is 6.98. The summed E-state index contributed by atoms with van der Waals surface area (Å²) >= 11 is 0. The van der Waals surface area contributed by atoms with Crippen molar-refractivity contribution < 1.29 is 24.1 Å². The number of anilines is 1. The van der Waals surface area contributed by atoms with Crippen molar-refractivity contribution in [2.24, 2.45) is 0 Å². The summed E-state index contributed by atoms with van der Waals surface area (Å²) in [5, 5.41) is 14.2. The minimum atomic E-state index is -0.534. The number of aliphatic hydroxyl groups excluding tert-OH is 1. The SMILES string of the molecule is COCCCN1CCOc2ccc(CO[C@H]3CNC[C@@H](O)[C@@H]3c3ccc(Oc4ccccc4)cc3)cc21. The van der Waals surface area contributed by atoms with Crippen molar-refractivity contribution in [1.82, 2.24) is 5.32 Å². The van der Waals surface area contributed by atoms with E-state index in [0.29, 0.717) is 26.3 Å². The average Bonchev–Trinajstić information content (AvgIpc) is 2.93. The van der Waals surface area contributed by atoms with Crippen LogP contribution in [0.3, 0.4) is 0 Å². The smallest absolute Gasteiger partial charge is 0.142 e. The van der Waals surface area contributed by atoms with Gasteiger partial charge in [-0.25, -0.2) is 0 Å². The Balaban J connectivity index is 1.25. The molecule has 2 aliphatic rings. The van der Waals surface area contributed by atoms with Gasteiger partial charge in [0.15, 0.2) is 0 Å². The Hall–Kier alpha value is -3.10. The van der Waals surface area contributed by atoms with Crippen LogP contribution in [0.15, 0.2) is 72.8 Å². The molecule has 37 heavy (non-hydrogen) atoms. The molecule has 2 aliphatic heterocycles. The first-order valence-corrected chi connectivity index (χ1v) is 13.0. The second kappa shape index (κ2) is 12.4. The summed E-state index contributed by atoms with van der Waals surface area (Å²) in [4.78, 5) is 2.36. The molecule has 3 aromatic carbocycles. The fourth-order valence-electron chi connectivity index (χ4n) is 5.10. The number of nitrogens with zero attached hydrogens (tertiary/aromatic N) is 1. The maximum absolute atomic E-state index is 10.9. The Morgan fingerprint density at radius 3 is 2.62 bits per heavy atom. The van der Waals surface area contributed by atoms with Crippen LogP contribution in [0.4, 0.5) is 5.69 Å². The van der Waals surface area contributed by atoms with Gasteiger partial charge in [0.25, 0.3) is 0 Å². The van der Waals surface area contributed by atoms with E-state index in [0.717, 1.165) is 60.2 Å². The molecule has 0 spiro atoms. The first kappa shape index (κ1) is 25.5. The van der Waals surface area contributed by atoms with Gasteiger partial charge in [-0.05, 0) is 53.9 Å². The molecule has 0 saturated carbocycles. The highest BCUT2D eigenvalue weighted by Crippen LogP contribution is 2.34. The summed E-state index contributed by atoms with van der Waals surface area (Å²) in [5.41, 5.74) is 3.24. The highest BCUT2D eigenvalue weighted by atomic mass is 16.5. The molecule has 2 heterocycles. The summed E-state index contributed by atoms with van der Waals surface area (Å²) in [7, 11) is 1.74. The van der Waals surface area contributed by atoms with Crippen molar-refractivity contribution in [3.63, 3.8) is 0 Å². The van der Waals surface area contributed by atoms with Crippen LogP contribution in [0.2, 0.25) is 0 Å². The number of ether oxygens (including phenoxy) is 4. The fourth-order valence-corrected chi connectivity index (χ4v) is 5.10. The minimum Gasteiger partial charge on any atom is -0.490 e. The van der Waals surface area contributed by atoms with Crippen LogP contribution in [0.25, 0.3) is 0 Å². The van der Waals surface area contributed by atoms with E-state index < -0.39 is 6.10 Å². The zero-order chi connectivity index (χ0) is 25.5. The summed E-state index contributed by atoms with van der Waals surface area (Å²) in [6.07, 6.45) is 0.279. The number of hydrogen-bond donors (Lipinski definition) is 2. The number of para-hydroxylation sites is 1. The van der Waals surface area contributed by atoms with Gasteiger partial charge in [0.05, 0.1) is 31.0 Å². The van der Waals surface area contributed by atoms with Crippen LogP contribution in [-0.2, 0) is 16.1 Å². The molecule has 0 radical (unpaired) electrons. The van der Waals surface area contributed by atoms with Crippen LogP contribution < -0.4 is 19.7 Å². The van der Waals surface area contributed by atoms with E-state index in [9.17, 15) is 5.11 Å². The Labute approximate surface area is 218 Å². The van der Waals surface area contributed by atoms with Crippen LogP contribution in [0.5, 0.6) is 17.2 Å². The lowest BCUT2D eigenvalue weighted by molar-refractivity contribution is -0.0328. The lowest BCUT2D eigenvalue weighted by atomic mass is 9.85. The van der Waals surface area contributed by atoms with Gasteiger partial charge in [-0.2, -0.15) is 0 Å². The standard InChI is InChI=1S/C30H36N2O5/c1-34-16-5-14-32-15-17-35-28-13-8-22(18-26(28)32)21-36-29-20-31-19-27(33)30(29)23-9-11-25(12-10-23)37-24-6-3-2-4-7-24/h2-4,6-13,18,27,29-31,33H,5,14-17,19-21H2,1H3/t27-,29+,30+/m1/s1. The summed E-state index contributed by atoms with van der Waals surface area (Å²) in [6, 6.07) is 24.0. The molecule has 0 unspecified atom stereocenters. The molecule has 0 amide bonds. The molecular formula is C30H36N2O5. The number of methoxy groups -OCH3 is 1. The molecule has 196 valence electrons. The lowest BCUT2D eigenvalue weighted by Crippen LogP contribution is -2.49. The number of rotatable bonds is 10. The van der Waals surface area contributed by atoms with Crippen LogP contribution in [0.1, 0.15) is 23.5 Å². The van der Waals surface area contributed by atoms with Crippen LogP contribution in [-0.4, -0.2) is 63.8 Å². The third-order valence-electron chi connectivity index (χ3n) is 6.98. The topological polar surface area (TPSA) is 72.4 Å².